The molecule has 13 heavy (non-hydrogen) atoms. The molecule has 0 saturated heterocycles. The summed E-state index contributed by atoms with van der Waals surface area (Å²) < 4.78 is 0. The quantitative estimate of drug-likeness (QED) is 0.767. The first-order valence-electron chi connectivity index (χ1n) is 3.97. The third-order valence-corrected chi connectivity index (χ3v) is 2.35. The molecule has 0 aromatic heterocycles. The highest BCUT2D eigenvalue weighted by atomic mass is 35.5. The summed E-state index contributed by atoms with van der Waals surface area (Å²) in [5.41, 5.74) is 3.14. The highest BCUT2D eigenvalue weighted by molar-refractivity contribution is 6.35. The molecule has 0 heterocycles. The summed E-state index contributed by atoms with van der Waals surface area (Å²) >= 11 is 11.7. The molecule has 2 nitrogen and oxygen atoms in total. The molecule has 0 radical (unpaired) electrons. The molecule has 72 valence electrons. The summed E-state index contributed by atoms with van der Waals surface area (Å²) in [5, 5.41) is 9.88. The van der Waals surface area contributed by atoms with Gasteiger partial charge in [0.2, 0.25) is 0 Å². The molecule has 1 aromatic carbocycles. The van der Waals surface area contributed by atoms with E-state index >= 15 is 0 Å². The molecular weight excluding hydrogens is 209 g/mol. The summed E-state index contributed by atoms with van der Waals surface area (Å²) in [5.74, 6) is 0. The van der Waals surface area contributed by atoms with E-state index in [0.29, 0.717) is 16.5 Å². The second kappa shape index (κ2) is 4.82. The molecule has 4 heteroatoms. The smallest absolute Gasteiger partial charge is 0.0453 e. The van der Waals surface area contributed by atoms with Crippen LogP contribution in [0.15, 0.2) is 18.2 Å². The van der Waals surface area contributed by atoms with Crippen molar-refractivity contribution in [1.29, 1.82) is 0 Å². The maximum absolute atomic E-state index is 8.62. The Balaban J connectivity index is 2.77. The Bertz CT molecular complexity index is 291. The van der Waals surface area contributed by atoms with Crippen molar-refractivity contribution in [2.24, 2.45) is 0 Å². The van der Waals surface area contributed by atoms with Gasteiger partial charge in [0.25, 0.3) is 0 Å². The molecule has 1 rings (SSSR count). The van der Waals surface area contributed by atoms with Crippen LogP contribution in [-0.2, 0) is 6.42 Å². The van der Waals surface area contributed by atoms with Gasteiger partial charge >= 0.3 is 0 Å². The van der Waals surface area contributed by atoms with E-state index in [1.165, 1.54) is 0 Å². The number of hydrogen-bond acceptors (Lipinski definition) is 2. The number of benzene rings is 1. The Morgan fingerprint density at radius 3 is 2.69 bits per heavy atom. The average molecular weight is 220 g/mol. The lowest BCUT2D eigenvalue weighted by Crippen LogP contribution is -2.24. The van der Waals surface area contributed by atoms with Gasteiger partial charge in [-0.15, -0.1) is 0 Å². The lowest BCUT2D eigenvalue weighted by Gasteiger charge is -2.10. The van der Waals surface area contributed by atoms with Gasteiger partial charge in [0.15, 0.2) is 0 Å². The van der Waals surface area contributed by atoms with Crippen LogP contribution in [0.2, 0.25) is 10.0 Å². The van der Waals surface area contributed by atoms with Gasteiger partial charge in [-0.05, 0) is 31.0 Å². The van der Waals surface area contributed by atoms with E-state index in [0.717, 1.165) is 5.56 Å². The van der Waals surface area contributed by atoms with Crippen molar-refractivity contribution in [2.75, 3.05) is 0 Å². The van der Waals surface area contributed by atoms with Gasteiger partial charge in [-0.1, -0.05) is 29.3 Å². The van der Waals surface area contributed by atoms with E-state index in [1.54, 1.807) is 12.1 Å². The van der Waals surface area contributed by atoms with Gasteiger partial charge in [-0.2, -0.15) is 0 Å². The SMILES string of the molecule is C[C@H](Cc1ccc(Cl)cc1Cl)NO. The Morgan fingerprint density at radius 1 is 1.46 bits per heavy atom. The molecule has 0 fully saturated rings. The topological polar surface area (TPSA) is 32.3 Å². The van der Waals surface area contributed by atoms with Crippen molar-refractivity contribution in [2.45, 2.75) is 19.4 Å². The molecule has 0 amide bonds. The molecule has 0 aliphatic heterocycles. The summed E-state index contributed by atoms with van der Waals surface area (Å²) in [6.07, 6.45) is 0.673. The van der Waals surface area contributed by atoms with Crippen LogP contribution in [0.25, 0.3) is 0 Å². The van der Waals surface area contributed by atoms with Gasteiger partial charge < -0.3 is 5.21 Å². The number of hydroxylamine groups is 1. The maximum atomic E-state index is 8.62. The minimum absolute atomic E-state index is 0.0151. The molecule has 0 aliphatic carbocycles. The van der Waals surface area contributed by atoms with Crippen LogP contribution in [-0.4, -0.2) is 11.2 Å². The summed E-state index contributed by atoms with van der Waals surface area (Å²) in [6.45, 7) is 1.87. The van der Waals surface area contributed by atoms with Crippen molar-refractivity contribution in [3.8, 4) is 0 Å². The van der Waals surface area contributed by atoms with E-state index in [9.17, 15) is 0 Å². The molecule has 2 N–H and O–H groups in total. The fourth-order valence-electron chi connectivity index (χ4n) is 1.06. The fourth-order valence-corrected chi connectivity index (χ4v) is 1.55. The van der Waals surface area contributed by atoms with Gasteiger partial charge in [-0.25, -0.2) is 5.48 Å². The summed E-state index contributed by atoms with van der Waals surface area (Å²) in [7, 11) is 0. The Hall–Kier alpha value is -0.280. The van der Waals surface area contributed by atoms with Gasteiger partial charge in [0, 0.05) is 16.1 Å². The van der Waals surface area contributed by atoms with Gasteiger partial charge in [0.05, 0.1) is 0 Å². The molecule has 0 bridgehead atoms. The predicted octanol–water partition coefficient (Wildman–Crippen LogP) is 2.90. The van der Waals surface area contributed by atoms with E-state index in [2.05, 4.69) is 5.48 Å². The maximum Gasteiger partial charge on any atom is 0.0453 e. The van der Waals surface area contributed by atoms with Crippen molar-refractivity contribution >= 4 is 23.2 Å². The number of halogens is 2. The van der Waals surface area contributed by atoms with E-state index < -0.39 is 0 Å². The summed E-state index contributed by atoms with van der Waals surface area (Å²) in [4.78, 5) is 0. The van der Waals surface area contributed by atoms with Crippen LogP contribution >= 0.6 is 23.2 Å². The van der Waals surface area contributed by atoms with Crippen LogP contribution in [0.5, 0.6) is 0 Å². The molecule has 0 saturated carbocycles. The molecule has 0 aliphatic rings. The van der Waals surface area contributed by atoms with Gasteiger partial charge in [-0.3, -0.25) is 0 Å². The van der Waals surface area contributed by atoms with Crippen LogP contribution in [0.4, 0.5) is 0 Å². The van der Waals surface area contributed by atoms with Crippen molar-refractivity contribution in [3.63, 3.8) is 0 Å². The van der Waals surface area contributed by atoms with E-state index in [1.807, 2.05) is 13.0 Å². The van der Waals surface area contributed by atoms with Crippen molar-refractivity contribution < 1.29 is 5.21 Å². The standard InChI is InChI=1S/C9H11Cl2NO/c1-6(12-13)4-7-2-3-8(10)5-9(7)11/h2-3,5-6,12-13H,4H2,1H3/t6-/m1/s1. The van der Waals surface area contributed by atoms with Gasteiger partial charge in [0.1, 0.15) is 0 Å². The third-order valence-electron chi connectivity index (χ3n) is 1.76. The van der Waals surface area contributed by atoms with Crippen molar-refractivity contribution in [1.82, 2.24) is 5.48 Å². The molecule has 1 atom stereocenters. The number of rotatable bonds is 3. The van der Waals surface area contributed by atoms with Crippen molar-refractivity contribution in [3.05, 3.63) is 33.8 Å². The Kier molecular flexibility index (Phi) is 4.00. The first kappa shape index (κ1) is 10.8. The number of nitrogens with one attached hydrogen (secondary N) is 1. The highest BCUT2D eigenvalue weighted by Gasteiger charge is 2.05. The first-order valence-corrected chi connectivity index (χ1v) is 4.72. The van der Waals surface area contributed by atoms with Crippen LogP contribution < -0.4 is 5.48 Å². The Labute approximate surface area is 87.4 Å². The average Bonchev–Trinajstić information content (AvgIpc) is 2.09. The molecule has 0 unspecified atom stereocenters. The fraction of sp³-hybridized carbons (Fsp3) is 0.333. The zero-order chi connectivity index (χ0) is 9.84. The van der Waals surface area contributed by atoms with E-state index in [4.69, 9.17) is 28.4 Å². The zero-order valence-corrected chi connectivity index (χ0v) is 8.73. The monoisotopic (exact) mass is 219 g/mol. The predicted molar refractivity (Wildman–Crippen MR) is 54.6 cm³/mol. The minimum Gasteiger partial charge on any atom is -0.317 e. The minimum atomic E-state index is -0.0151. The largest absolute Gasteiger partial charge is 0.317 e. The molecular formula is C9H11Cl2NO. The third kappa shape index (κ3) is 3.16. The highest BCUT2D eigenvalue weighted by Crippen LogP contribution is 2.21. The Morgan fingerprint density at radius 2 is 2.15 bits per heavy atom. The first-order chi connectivity index (χ1) is 6.13. The second-order valence-corrected chi connectivity index (χ2v) is 3.81. The molecule has 0 spiro atoms. The lowest BCUT2D eigenvalue weighted by molar-refractivity contribution is 0.133. The molecule has 1 aromatic rings. The van der Waals surface area contributed by atoms with Crippen LogP contribution in [0.1, 0.15) is 12.5 Å². The van der Waals surface area contributed by atoms with Crippen LogP contribution in [0.3, 0.4) is 0 Å². The number of hydrogen-bond donors (Lipinski definition) is 2. The van der Waals surface area contributed by atoms with Crippen LogP contribution in [0, 0.1) is 0 Å². The second-order valence-electron chi connectivity index (χ2n) is 2.97. The summed E-state index contributed by atoms with van der Waals surface area (Å²) in [6, 6.07) is 5.33. The lowest BCUT2D eigenvalue weighted by atomic mass is 10.1. The van der Waals surface area contributed by atoms with E-state index in [-0.39, 0.29) is 6.04 Å². The normalized spacial score (nSPS) is 12.9. The zero-order valence-electron chi connectivity index (χ0n) is 7.22.